The SMILES string of the molecule is Cc1cc(Nc2nc(Nc3cc(C)c(-c4ccsc4)cc3F)ncc2Cl)n[nH]1.Cc1cc(Nc2nc(Nc3cc(C)c([C@H]4CC[C@@H](NC5CC5)CC4)cc3C)ncc2Cl)n[nH]1. The third-order valence-electron chi connectivity index (χ3n) is 10.9. The zero-order chi connectivity index (χ0) is 42.6. The van der Waals surface area contributed by atoms with E-state index in [1.54, 1.807) is 23.6 Å². The molecular weight excluding hydrogens is 833 g/mol. The van der Waals surface area contributed by atoms with Crippen LogP contribution < -0.4 is 26.6 Å². The van der Waals surface area contributed by atoms with Gasteiger partial charge in [-0.25, -0.2) is 14.4 Å². The van der Waals surface area contributed by atoms with Crippen molar-refractivity contribution in [3.8, 4) is 11.1 Å². The lowest BCUT2D eigenvalue weighted by Crippen LogP contribution is -2.34. The second kappa shape index (κ2) is 18.6. The summed E-state index contributed by atoms with van der Waals surface area (Å²) in [5.41, 5.74) is 9.97. The minimum Gasteiger partial charge on any atom is -0.324 e. The van der Waals surface area contributed by atoms with Crippen molar-refractivity contribution < 1.29 is 4.39 Å². The average Bonchev–Trinajstić information content (AvgIpc) is 3.52. The van der Waals surface area contributed by atoms with Gasteiger partial charge in [0.2, 0.25) is 11.9 Å². The Balaban J connectivity index is 0.000000171. The van der Waals surface area contributed by atoms with Crippen molar-refractivity contribution >= 4 is 81.1 Å². The van der Waals surface area contributed by atoms with E-state index in [-0.39, 0.29) is 11.8 Å². The number of aromatic amines is 2. The maximum absolute atomic E-state index is 14.7. The summed E-state index contributed by atoms with van der Waals surface area (Å²) < 4.78 is 14.7. The topological polar surface area (TPSA) is 169 Å². The Bertz CT molecular complexity index is 2620. The van der Waals surface area contributed by atoms with Gasteiger partial charge < -0.3 is 26.6 Å². The molecule has 5 aromatic heterocycles. The van der Waals surface area contributed by atoms with Crippen LogP contribution in [0.5, 0.6) is 0 Å². The van der Waals surface area contributed by atoms with Crippen molar-refractivity contribution in [3.63, 3.8) is 0 Å². The first-order valence-corrected chi connectivity index (χ1v) is 22.0. The average molecular weight is 881 g/mol. The van der Waals surface area contributed by atoms with Crippen molar-refractivity contribution in [2.24, 2.45) is 0 Å². The Kier molecular flexibility index (Phi) is 12.8. The van der Waals surface area contributed by atoms with Crippen LogP contribution in [0.2, 0.25) is 10.0 Å². The number of aromatic nitrogens is 8. The first kappa shape index (κ1) is 42.1. The second-order valence-electron chi connectivity index (χ2n) is 15.8. The number of thiophene rings is 1. The Morgan fingerprint density at radius 3 is 1.74 bits per heavy atom. The molecule has 61 heavy (non-hydrogen) atoms. The molecule has 2 aliphatic carbocycles. The van der Waals surface area contributed by atoms with E-state index in [9.17, 15) is 4.39 Å². The molecule has 0 radical (unpaired) electrons. The van der Waals surface area contributed by atoms with Crippen molar-refractivity contribution in [1.82, 2.24) is 45.6 Å². The highest BCUT2D eigenvalue weighted by molar-refractivity contribution is 7.08. The molecule has 5 heterocycles. The molecule has 2 aromatic carbocycles. The number of nitrogens with one attached hydrogen (secondary N) is 7. The summed E-state index contributed by atoms with van der Waals surface area (Å²) in [6.45, 7) is 10.1. The molecule has 2 fully saturated rings. The van der Waals surface area contributed by atoms with Crippen LogP contribution in [0.3, 0.4) is 0 Å². The highest BCUT2D eigenvalue weighted by Gasteiger charge is 2.29. The second-order valence-corrected chi connectivity index (χ2v) is 17.4. The van der Waals surface area contributed by atoms with E-state index in [0.717, 1.165) is 39.8 Å². The number of rotatable bonds is 12. The smallest absolute Gasteiger partial charge is 0.229 e. The maximum atomic E-state index is 14.7. The summed E-state index contributed by atoms with van der Waals surface area (Å²) in [6, 6.07) is 15.0. The molecule has 0 spiro atoms. The van der Waals surface area contributed by atoms with Gasteiger partial charge in [0, 0.05) is 41.3 Å². The molecule has 0 amide bonds. The number of H-pyrrole nitrogens is 2. The fourth-order valence-electron chi connectivity index (χ4n) is 7.55. The molecule has 0 aliphatic heterocycles. The molecule has 316 valence electrons. The van der Waals surface area contributed by atoms with E-state index in [1.807, 2.05) is 49.7 Å². The largest absolute Gasteiger partial charge is 0.324 e. The highest BCUT2D eigenvalue weighted by atomic mass is 35.5. The van der Waals surface area contributed by atoms with Crippen molar-refractivity contribution in [1.29, 1.82) is 0 Å². The van der Waals surface area contributed by atoms with Crippen LogP contribution in [-0.4, -0.2) is 52.4 Å². The van der Waals surface area contributed by atoms with Crippen LogP contribution in [0.4, 0.5) is 50.9 Å². The van der Waals surface area contributed by atoms with Crippen LogP contribution in [0, 0.1) is 40.4 Å². The van der Waals surface area contributed by atoms with Crippen molar-refractivity contribution in [3.05, 3.63) is 115 Å². The number of hydrogen-bond donors (Lipinski definition) is 7. The fourth-order valence-corrected chi connectivity index (χ4v) is 8.48. The molecular formula is C44H48Cl2FN13S. The van der Waals surface area contributed by atoms with Gasteiger partial charge in [-0.15, -0.1) is 0 Å². The van der Waals surface area contributed by atoms with E-state index in [0.29, 0.717) is 56.9 Å². The molecule has 13 nitrogen and oxygen atoms in total. The van der Waals surface area contributed by atoms with Gasteiger partial charge in [0.05, 0.1) is 18.1 Å². The minimum absolute atomic E-state index is 0.223. The van der Waals surface area contributed by atoms with Gasteiger partial charge in [0.25, 0.3) is 0 Å². The monoisotopic (exact) mass is 879 g/mol. The molecule has 2 aliphatic rings. The van der Waals surface area contributed by atoms with Gasteiger partial charge >= 0.3 is 0 Å². The van der Waals surface area contributed by atoms with Gasteiger partial charge in [0.1, 0.15) is 15.9 Å². The number of anilines is 8. The van der Waals surface area contributed by atoms with Crippen LogP contribution in [-0.2, 0) is 0 Å². The van der Waals surface area contributed by atoms with Crippen LogP contribution in [0.25, 0.3) is 11.1 Å². The number of benzene rings is 2. The molecule has 0 bridgehead atoms. The van der Waals surface area contributed by atoms with Crippen LogP contribution in [0.1, 0.15) is 78.1 Å². The normalized spacial score (nSPS) is 16.1. The summed E-state index contributed by atoms with van der Waals surface area (Å²) in [6.07, 6.45) is 10.9. The number of halogens is 3. The Morgan fingerprint density at radius 1 is 0.656 bits per heavy atom. The summed E-state index contributed by atoms with van der Waals surface area (Å²) in [4.78, 5) is 17.4. The van der Waals surface area contributed by atoms with Gasteiger partial charge in [0.15, 0.2) is 23.3 Å². The fraction of sp³-hybridized carbons (Fsp3) is 0.318. The Hall–Kier alpha value is -5.61. The summed E-state index contributed by atoms with van der Waals surface area (Å²) in [5, 5.41) is 35.0. The summed E-state index contributed by atoms with van der Waals surface area (Å²) >= 11 is 14.0. The lowest BCUT2D eigenvalue weighted by molar-refractivity contribution is 0.340. The zero-order valence-electron chi connectivity index (χ0n) is 34.6. The Morgan fingerprint density at radius 2 is 1.21 bits per heavy atom. The molecule has 0 saturated heterocycles. The first-order valence-electron chi connectivity index (χ1n) is 20.3. The van der Waals surface area contributed by atoms with Crippen LogP contribution >= 0.6 is 34.5 Å². The molecule has 17 heteroatoms. The van der Waals surface area contributed by atoms with Crippen LogP contribution in [0.15, 0.2) is 65.6 Å². The predicted octanol–water partition coefficient (Wildman–Crippen LogP) is 11.9. The number of nitrogens with zero attached hydrogens (tertiary/aromatic N) is 6. The molecule has 2 saturated carbocycles. The van der Waals surface area contributed by atoms with Crippen molar-refractivity contribution in [2.75, 3.05) is 21.3 Å². The number of aryl methyl sites for hydroxylation is 5. The van der Waals surface area contributed by atoms with E-state index in [1.165, 1.54) is 67.5 Å². The molecule has 0 unspecified atom stereocenters. The Labute approximate surface area is 368 Å². The quantitative estimate of drug-likeness (QED) is 0.0623. The first-order chi connectivity index (χ1) is 29.4. The lowest BCUT2D eigenvalue weighted by atomic mass is 9.79. The third-order valence-corrected chi connectivity index (χ3v) is 12.1. The lowest BCUT2D eigenvalue weighted by Gasteiger charge is -2.31. The van der Waals surface area contributed by atoms with E-state index >= 15 is 0 Å². The maximum Gasteiger partial charge on any atom is 0.229 e. The molecule has 0 atom stereocenters. The standard InChI is InChI=1S/C25H32ClN7.C19H16ClFN6S/c1-14-11-22(15(2)10-20(14)17-4-6-18(7-5-17)28-19-8-9-19)29-25-27-13-21(26)24(31-25)30-23-12-16(3)32-33-23;1-10-5-16(15(21)7-13(10)12-3-4-28-9-12)23-19-22-8-14(20)18(25-19)24-17-6-11(2)26-27-17/h10-13,17-19,28H,4-9H2,1-3H3,(H3,27,29,30,31,32,33);3-9H,1-2H3,(H3,22,23,24,25,26,27)/t17-,18+;. The van der Waals surface area contributed by atoms with Gasteiger partial charge in [-0.1, -0.05) is 29.3 Å². The predicted molar refractivity (Wildman–Crippen MR) is 245 cm³/mol. The van der Waals surface area contributed by atoms with Gasteiger partial charge in [-0.05, 0) is 147 Å². The van der Waals surface area contributed by atoms with E-state index in [2.05, 4.69) is 92.9 Å². The van der Waals surface area contributed by atoms with Gasteiger partial charge in [-0.3, -0.25) is 10.2 Å². The van der Waals surface area contributed by atoms with E-state index < -0.39 is 0 Å². The van der Waals surface area contributed by atoms with Gasteiger partial charge in [-0.2, -0.15) is 31.5 Å². The molecule has 7 N–H and O–H groups in total. The zero-order valence-corrected chi connectivity index (χ0v) is 36.9. The highest BCUT2D eigenvalue weighted by Crippen LogP contribution is 2.38. The van der Waals surface area contributed by atoms with E-state index in [4.69, 9.17) is 23.2 Å². The van der Waals surface area contributed by atoms with Crippen molar-refractivity contribution in [2.45, 2.75) is 91.1 Å². The molecule has 9 rings (SSSR count). The molecule has 7 aromatic rings. The summed E-state index contributed by atoms with van der Waals surface area (Å²) in [7, 11) is 0. The summed E-state index contributed by atoms with van der Waals surface area (Å²) in [5.74, 6) is 3.11. The number of hydrogen-bond acceptors (Lipinski definition) is 12. The third kappa shape index (κ3) is 10.7. The minimum atomic E-state index is -0.386.